The molecule has 1 aromatic rings. The van der Waals surface area contributed by atoms with Crippen molar-refractivity contribution < 1.29 is 0 Å². The maximum absolute atomic E-state index is 4.72. The molecule has 4 heteroatoms. The Balaban J connectivity index is 2.73. The van der Waals surface area contributed by atoms with Gasteiger partial charge in [-0.25, -0.2) is 4.98 Å². The van der Waals surface area contributed by atoms with Gasteiger partial charge < -0.3 is 10.2 Å². The molecule has 110 valence electrons. The predicted molar refractivity (Wildman–Crippen MR) is 86.2 cm³/mol. The third kappa shape index (κ3) is 5.11. The molecule has 0 radical (unpaired) electrons. The quantitative estimate of drug-likeness (QED) is 0.856. The van der Waals surface area contributed by atoms with Crippen molar-refractivity contribution in [3.8, 4) is 0 Å². The zero-order chi connectivity index (χ0) is 14.6. The van der Waals surface area contributed by atoms with Crippen LogP contribution in [-0.4, -0.2) is 23.6 Å². The minimum absolute atomic E-state index is 0.151. The second kappa shape index (κ2) is 6.71. The highest BCUT2D eigenvalue weighted by Crippen LogP contribution is 2.27. The van der Waals surface area contributed by atoms with Crippen LogP contribution in [0.3, 0.4) is 0 Å². The monoisotopic (exact) mass is 283 g/mol. The van der Waals surface area contributed by atoms with Crippen LogP contribution in [0.2, 0.25) is 0 Å². The predicted octanol–water partition coefficient (Wildman–Crippen LogP) is 3.96. The summed E-state index contributed by atoms with van der Waals surface area (Å²) in [6.07, 6.45) is 2.43. The van der Waals surface area contributed by atoms with Crippen LogP contribution in [0, 0.1) is 6.92 Å². The summed E-state index contributed by atoms with van der Waals surface area (Å²) in [4.78, 5) is 8.37. The van der Waals surface area contributed by atoms with Crippen LogP contribution >= 0.6 is 11.3 Å². The van der Waals surface area contributed by atoms with E-state index in [0.29, 0.717) is 6.04 Å². The highest BCUT2D eigenvalue weighted by atomic mass is 32.1. The van der Waals surface area contributed by atoms with Gasteiger partial charge in [0.2, 0.25) is 0 Å². The molecule has 1 unspecified atom stereocenters. The lowest BCUT2D eigenvalue weighted by atomic mass is 10.1. The molecule has 19 heavy (non-hydrogen) atoms. The van der Waals surface area contributed by atoms with Gasteiger partial charge in [0.05, 0.1) is 5.69 Å². The van der Waals surface area contributed by atoms with Gasteiger partial charge in [-0.15, -0.1) is 11.3 Å². The Labute approximate surface area is 122 Å². The molecule has 3 nitrogen and oxygen atoms in total. The van der Waals surface area contributed by atoms with Gasteiger partial charge >= 0.3 is 0 Å². The molecule has 1 rings (SSSR count). The molecule has 0 saturated carbocycles. The van der Waals surface area contributed by atoms with Gasteiger partial charge in [0, 0.05) is 30.1 Å². The largest absolute Gasteiger partial charge is 0.348 e. The summed E-state index contributed by atoms with van der Waals surface area (Å²) in [5.74, 6) is 0. The standard InChI is InChI=1S/C15H29N3S/c1-8-9-11(2)18(7)14-17-12(3)13(19-14)10-16-15(4,5)6/h11,16H,8-10H2,1-7H3. The van der Waals surface area contributed by atoms with E-state index in [1.54, 1.807) is 0 Å². The molecule has 1 N–H and O–H groups in total. The SMILES string of the molecule is CCCC(C)N(C)c1nc(C)c(CNC(C)(C)C)s1. The molecule has 0 aliphatic rings. The first-order valence-corrected chi connectivity index (χ1v) is 8.00. The van der Waals surface area contributed by atoms with Crippen molar-refractivity contribution in [2.75, 3.05) is 11.9 Å². The molecule has 0 aliphatic heterocycles. The molecule has 1 atom stereocenters. The molecule has 1 aromatic heterocycles. The van der Waals surface area contributed by atoms with Crippen LogP contribution < -0.4 is 10.2 Å². The van der Waals surface area contributed by atoms with E-state index >= 15 is 0 Å². The molecule has 0 fully saturated rings. The van der Waals surface area contributed by atoms with Crippen molar-refractivity contribution in [2.24, 2.45) is 0 Å². The summed E-state index contributed by atoms with van der Waals surface area (Å²) >= 11 is 1.81. The first-order valence-electron chi connectivity index (χ1n) is 7.18. The molecule has 0 spiro atoms. The maximum atomic E-state index is 4.72. The third-order valence-electron chi connectivity index (χ3n) is 3.33. The Kier molecular flexibility index (Phi) is 5.81. The lowest BCUT2D eigenvalue weighted by Crippen LogP contribution is -2.34. The van der Waals surface area contributed by atoms with E-state index in [9.17, 15) is 0 Å². The van der Waals surface area contributed by atoms with E-state index in [4.69, 9.17) is 4.98 Å². The zero-order valence-electron chi connectivity index (χ0n) is 13.5. The van der Waals surface area contributed by atoms with Gasteiger partial charge in [0.25, 0.3) is 0 Å². The van der Waals surface area contributed by atoms with Crippen molar-refractivity contribution in [3.63, 3.8) is 0 Å². The summed E-state index contributed by atoms with van der Waals surface area (Å²) in [5, 5.41) is 4.68. The number of thiazole rings is 1. The summed E-state index contributed by atoms with van der Waals surface area (Å²) < 4.78 is 0. The zero-order valence-corrected chi connectivity index (χ0v) is 14.3. The fourth-order valence-electron chi connectivity index (χ4n) is 1.87. The van der Waals surface area contributed by atoms with Crippen LogP contribution in [0.1, 0.15) is 58.0 Å². The Morgan fingerprint density at radius 2 is 2.00 bits per heavy atom. The first-order chi connectivity index (χ1) is 8.74. The normalized spacial score (nSPS) is 13.6. The summed E-state index contributed by atoms with van der Waals surface area (Å²) in [5.41, 5.74) is 1.31. The highest BCUT2D eigenvalue weighted by molar-refractivity contribution is 7.15. The minimum Gasteiger partial charge on any atom is -0.348 e. The number of nitrogens with zero attached hydrogens (tertiary/aromatic N) is 2. The smallest absolute Gasteiger partial charge is 0.185 e. The maximum Gasteiger partial charge on any atom is 0.185 e. The number of nitrogens with one attached hydrogen (secondary N) is 1. The number of aromatic nitrogens is 1. The lowest BCUT2D eigenvalue weighted by Gasteiger charge is -2.23. The molecular weight excluding hydrogens is 254 g/mol. The fourth-order valence-corrected chi connectivity index (χ4v) is 2.94. The van der Waals surface area contributed by atoms with Gasteiger partial charge in [-0.05, 0) is 41.0 Å². The third-order valence-corrected chi connectivity index (χ3v) is 4.58. The molecule has 0 aliphatic carbocycles. The summed E-state index contributed by atoms with van der Waals surface area (Å²) in [6.45, 7) is 14.1. The van der Waals surface area contributed by atoms with Gasteiger partial charge in [-0.1, -0.05) is 13.3 Å². The van der Waals surface area contributed by atoms with Gasteiger partial charge in [-0.3, -0.25) is 0 Å². The fraction of sp³-hybridized carbons (Fsp3) is 0.800. The Bertz CT molecular complexity index is 393. The van der Waals surface area contributed by atoms with Gasteiger partial charge in [-0.2, -0.15) is 0 Å². The Hall–Kier alpha value is -0.610. The van der Waals surface area contributed by atoms with E-state index < -0.39 is 0 Å². The molecule has 0 saturated heterocycles. The molecular formula is C15H29N3S. The topological polar surface area (TPSA) is 28.2 Å². The highest BCUT2D eigenvalue weighted by Gasteiger charge is 2.16. The molecule has 0 bridgehead atoms. The van der Waals surface area contributed by atoms with Crippen molar-refractivity contribution in [1.82, 2.24) is 10.3 Å². The Morgan fingerprint density at radius 1 is 1.37 bits per heavy atom. The second-order valence-corrected chi connectivity index (χ2v) is 7.42. The number of rotatable bonds is 6. The van der Waals surface area contributed by atoms with Crippen molar-refractivity contribution >= 4 is 16.5 Å². The van der Waals surface area contributed by atoms with E-state index in [1.807, 2.05) is 11.3 Å². The van der Waals surface area contributed by atoms with Crippen LogP contribution in [0.15, 0.2) is 0 Å². The van der Waals surface area contributed by atoms with Crippen LogP contribution in [0.5, 0.6) is 0 Å². The molecule has 1 heterocycles. The average Bonchev–Trinajstić information content (AvgIpc) is 2.66. The van der Waals surface area contributed by atoms with Crippen molar-refractivity contribution in [3.05, 3.63) is 10.6 Å². The van der Waals surface area contributed by atoms with E-state index in [1.165, 1.54) is 17.7 Å². The molecule has 0 aromatic carbocycles. The summed E-state index contributed by atoms with van der Waals surface area (Å²) in [6, 6.07) is 0.555. The minimum atomic E-state index is 0.151. The molecule has 0 amide bonds. The van der Waals surface area contributed by atoms with Crippen molar-refractivity contribution in [1.29, 1.82) is 0 Å². The number of hydrogen-bond donors (Lipinski definition) is 1. The van der Waals surface area contributed by atoms with Crippen molar-refractivity contribution in [2.45, 2.75) is 72.5 Å². The van der Waals surface area contributed by atoms with E-state index in [2.05, 4.69) is 58.8 Å². The number of hydrogen-bond acceptors (Lipinski definition) is 4. The average molecular weight is 283 g/mol. The van der Waals surface area contributed by atoms with Gasteiger partial charge in [0.15, 0.2) is 5.13 Å². The van der Waals surface area contributed by atoms with Crippen LogP contribution in [-0.2, 0) is 6.54 Å². The number of anilines is 1. The van der Waals surface area contributed by atoms with Gasteiger partial charge in [0.1, 0.15) is 0 Å². The van der Waals surface area contributed by atoms with E-state index in [0.717, 1.165) is 17.4 Å². The first kappa shape index (κ1) is 16.4. The number of aryl methyl sites for hydroxylation is 1. The van der Waals surface area contributed by atoms with E-state index in [-0.39, 0.29) is 5.54 Å². The van der Waals surface area contributed by atoms with Crippen LogP contribution in [0.25, 0.3) is 0 Å². The lowest BCUT2D eigenvalue weighted by molar-refractivity contribution is 0.425. The van der Waals surface area contributed by atoms with Crippen LogP contribution in [0.4, 0.5) is 5.13 Å². The summed E-state index contributed by atoms with van der Waals surface area (Å²) in [7, 11) is 2.15. The second-order valence-electron chi connectivity index (χ2n) is 6.36. The Morgan fingerprint density at radius 3 is 2.53 bits per heavy atom.